The number of rotatable bonds is 3. The lowest BCUT2D eigenvalue weighted by Gasteiger charge is -2.21. The molecule has 1 aliphatic heterocycles. The number of thiophene rings is 1. The normalized spacial score (nSPS) is 24.2. The number of likely N-dealkylation sites (tertiary alicyclic amines) is 1. The number of hydrogen-bond donors (Lipinski definition) is 1. The van der Waals surface area contributed by atoms with Crippen molar-refractivity contribution in [3.05, 3.63) is 21.4 Å². The molecule has 2 aliphatic carbocycles. The summed E-state index contributed by atoms with van der Waals surface area (Å²) in [6.07, 6.45) is 9.66. The van der Waals surface area contributed by atoms with Gasteiger partial charge < -0.3 is 10.2 Å². The first-order chi connectivity index (χ1) is 11.7. The van der Waals surface area contributed by atoms with Gasteiger partial charge in [-0.15, -0.1) is 11.3 Å². The molecular formula is C19H26N2O2S. The van der Waals surface area contributed by atoms with Crippen molar-refractivity contribution in [3.63, 3.8) is 0 Å². The molecule has 0 spiro atoms. The number of carbonyl (C=O) groups excluding carboxylic acids is 2. The zero-order chi connectivity index (χ0) is 16.5. The van der Waals surface area contributed by atoms with E-state index in [0.717, 1.165) is 62.9 Å². The molecule has 1 aromatic rings. The van der Waals surface area contributed by atoms with Crippen molar-refractivity contribution in [2.24, 2.45) is 5.92 Å². The Kier molecular flexibility index (Phi) is 4.61. The molecule has 4 rings (SSSR count). The highest BCUT2D eigenvalue weighted by molar-refractivity contribution is 7.14. The molecule has 1 aromatic heterocycles. The van der Waals surface area contributed by atoms with Gasteiger partial charge in [-0.3, -0.25) is 9.59 Å². The zero-order valence-corrected chi connectivity index (χ0v) is 15.0. The molecule has 4 nitrogen and oxygen atoms in total. The molecule has 130 valence electrons. The molecule has 2 fully saturated rings. The highest BCUT2D eigenvalue weighted by Gasteiger charge is 2.31. The van der Waals surface area contributed by atoms with E-state index in [1.165, 1.54) is 23.3 Å². The molecule has 0 unspecified atom stereocenters. The average molecular weight is 346 g/mol. The van der Waals surface area contributed by atoms with Crippen LogP contribution in [0.3, 0.4) is 0 Å². The monoisotopic (exact) mass is 346 g/mol. The third-order valence-electron chi connectivity index (χ3n) is 5.48. The largest absolute Gasteiger partial charge is 0.353 e. The molecule has 0 radical (unpaired) electrons. The van der Waals surface area contributed by atoms with E-state index in [1.807, 2.05) is 4.90 Å². The van der Waals surface area contributed by atoms with Crippen LogP contribution in [0, 0.1) is 5.92 Å². The Labute approximate surface area is 147 Å². The lowest BCUT2D eigenvalue weighted by molar-refractivity contribution is -0.125. The van der Waals surface area contributed by atoms with E-state index in [9.17, 15) is 9.59 Å². The van der Waals surface area contributed by atoms with Gasteiger partial charge in [0.2, 0.25) is 5.91 Å². The maximum absolute atomic E-state index is 12.8. The molecule has 24 heavy (non-hydrogen) atoms. The van der Waals surface area contributed by atoms with Crippen LogP contribution in [0.1, 0.15) is 65.1 Å². The summed E-state index contributed by atoms with van der Waals surface area (Å²) in [5.41, 5.74) is 1.24. The second-order valence-electron chi connectivity index (χ2n) is 7.49. The highest BCUT2D eigenvalue weighted by Crippen LogP contribution is 2.34. The summed E-state index contributed by atoms with van der Waals surface area (Å²) in [4.78, 5) is 29.3. The lowest BCUT2D eigenvalue weighted by atomic mass is 9.87. The van der Waals surface area contributed by atoms with Crippen LogP contribution in [-0.4, -0.2) is 35.8 Å². The van der Waals surface area contributed by atoms with E-state index < -0.39 is 0 Å². The van der Waals surface area contributed by atoms with Crippen LogP contribution in [-0.2, 0) is 17.6 Å². The van der Waals surface area contributed by atoms with Crippen LogP contribution >= 0.6 is 11.3 Å². The number of aryl methyl sites for hydroxylation is 1. The van der Waals surface area contributed by atoms with Crippen LogP contribution in [0.2, 0.25) is 0 Å². The van der Waals surface area contributed by atoms with Crippen molar-refractivity contribution in [1.29, 1.82) is 0 Å². The molecule has 1 saturated heterocycles. The number of nitrogens with one attached hydrogen (secondary N) is 1. The minimum absolute atomic E-state index is 0.0915. The number of hydrogen-bond acceptors (Lipinski definition) is 3. The predicted octanol–water partition coefficient (Wildman–Crippen LogP) is 3.15. The summed E-state index contributed by atoms with van der Waals surface area (Å²) in [6.45, 7) is 1.79. The van der Waals surface area contributed by atoms with E-state index in [1.54, 1.807) is 11.3 Å². The highest BCUT2D eigenvalue weighted by atomic mass is 32.1. The molecule has 2 amide bonds. The van der Waals surface area contributed by atoms with Gasteiger partial charge in [-0.1, -0.05) is 12.8 Å². The van der Waals surface area contributed by atoms with Gasteiger partial charge in [0, 0.05) is 29.9 Å². The SMILES string of the molecule is O=C(NC1CC1)[C@H]1CCc2sc(C(=O)N3CCCCCC3)cc2C1. The van der Waals surface area contributed by atoms with Gasteiger partial charge >= 0.3 is 0 Å². The molecule has 1 saturated carbocycles. The first-order valence-electron chi connectivity index (χ1n) is 9.42. The van der Waals surface area contributed by atoms with Crippen LogP contribution in [0.25, 0.3) is 0 Å². The first kappa shape index (κ1) is 16.1. The van der Waals surface area contributed by atoms with Gasteiger partial charge in [-0.05, 0) is 56.6 Å². The van der Waals surface area contributed by atoms with Gasteiger partial charge in [0.05, 0.1) is 4.88 Å². The topological polar surface area (TPSA) is 49.4 Å². The molecule has 1 atom stereocenters. The summed E-state index contributed by atoms with van der Waals surface area (Å²) >= 11 is 1.66. The predicted molar refractivity (Wildman–Crippen MR) is 95.4 cm³/mol. The summed E-state index contributed by atoms with van der Waals surface area (Å²) < 4.78 is 0. The van der Waals surface area contributed by atoms with E-state index >= 15 is 0 Å². The Balaban J connectivity index is 1.43. The van der Waals surface area contributed by atoms with Crippen molar-refractivity contribution in [3.8, 4) is 0 Å². The van der Waals surface area contributed by atoms with E-state index in [0.29, 0.717) is 6.04 Å². The number of amides is 2. The molecule has 0 bridgehead atoms. The van der Waals surface area contributed by atoms with E-state index in [-0.39, 0.29) is 17.7 Å². The summed E-state index contributed by atoms with van der Waals surface area (Å²) in [6, 6.07) is 2.51. The Morgan fingerprint density at radius 2 is 1.83 bits per heavy atom. The third kappa shape index (κ3) is 3.51. The fourth-order valence-corrected chi connectivity index (χ4v) is 5.01. The van der Waals surface area contributed by atoms with Crippen molar-refractivity contribution in [2.45, 2.75) is 63.8 Å². The fourth-order valence-electron chi connectivity index (χ4n) is 3.83. The third-order valence-corrected chi connectivity index (χ3v) is 6.71. The Hall–Kier alpha value is -1.36. The maximum Gasteiger partial charge on any atom is 0.263 e. The van der Waals surface area contributed by atoms with E-state index in [4.69, 9.17) is 0 Å². The fraction of sp³-hybridized carbons (Fsp3) is 0.684. The van der Waals surface area contributed by atoms with Gasteiger partial charge in [0.25, 0.3) is 5.91 Å². The van der Waals surface area contributed by atoms with Crippen LogP contribution < -0.4 is 5.32 Å². The molecule has 0 aromatic carbocycles. The Bertz CT molecular complexity index is 627. The van der Waals surface area contributed by atoms with Gasteiger partial charge in [-0.2, -0.15) is 0 Å². The maximum atomic E-state index is 12.8. The first-order valence-corrected chi connectivity index (χ1v) is 10.2. The zero-order valence-electron chi connectivity index (χ0n) is 14.2. The average Bonchev–Trinajstić information content (AvgIpc) is 3.35. The molecule has 1 N–H and O–H groups in total. The molecule has 2 heterocycles. The number of nitrogens with zero attached hydrogens (tertiary/aromatic N) is 1. The summed E-state index contributed by atoms with van der Waals surface area (Å²) in [7, 11) is 0. The molecule has 5 heteroatoms. The Morgan fingerprint density at radius 1 is 1.08 bits per heavy atom. The van der Waals surface area contributed by atoms with E-state index in [2.05, 4.69) is 11.4 Å². The standard InChI is InChI=1S/C19H26N2O2S/c22-18(20-15-6-7-15)13-5-8-16-14(11-13)12-17(24-16)19(23)21-9-3-1-2-4-10-21/h12-13,15H,1-11H2,(H,20,22)/t13-/m0/s1. The van der Waals surface area contributed by atoms with Gasteiger partial charge in [0.15, 0.2) is 0 Å². The quantitative estimate of drug-likeness (QED) is 0.914. The van der Waals surface area contributed by atoms with Crippen molar-refractivity contribution in [1.82, 2.24) is 10.2 Å². The molecular weight excluding hydrogens is 320 g/mol. The summed E-state index contributed by atoms with van der Waals surface area (Å²) in [5.74, 6) is 0.513. The second kappa shape index (κ2) is 6.87. The molecule has 3 aliphatic rings. The van der Waals surface area contributed by atoms with Crippen LogP contribution in [0.15, 0.2) is 6.07 Å². The van der Waals surface area contributed by atoms with Gasteiger partial charge in [-0.25, -0.2) is 0 Å². The minimum atomic E-state index is 0.0915. The van der Waals surface area contributed by atoms with Gasteiger partial charge in [0.1, 0.15) is 0 Å². The smallest absolute Gasteiger partial charge is 0.263 e. The van der Waals surface area contributed by atoms with Crippen LogP contribution in [0.4, 0.5) is 0 Å². The number of fused-ring (bicyclic) bond motifs is 1. The van der Waals surface area contributed by atoms with Crippen molar-refractivity contribution >= 4 is 23.2 Å². The lowest BCUT2D eigenvalue weighted by Crippen LogP contribution is -2.35. The van der Waals surface area contributed by atoms with Crippen molar-refractivity contribution < 1.29 is 9.59 Å². The Morgan fingerprint density at radius 3 is 2.54 bits per heavy atom. The minimum Gasteiger partial charge on any atom is -0.353 e. The van der Waals surface area contributed by atoms with Crippen LogP contribution in [0.5, 0.6) is 0 Å². The number of carbonyl (C=O) groups is 2. The van der Waals surface area contributed by atoms with Crippen molar-refractivity contribution in [2.75, 3.05) is 13.1 Å². The summed E-state index contributed by atoms with van der Waals surface area (Å²) in [5, 5.41) is 3.13. The second-order valence-corrected chi connectivity index (χ2v) is 8.62.